The summed E-state index contributed by atoms with van der Waals surface area (Å²) in [5, 5.41) is 6.90. The van der Waals surface area contributed by atoms with E-state index in [0.717, 1.165) is 88.3 Å². The smallest absolute Gasteiger partial charge is 0.238 e. The van der Waals surface area contributed by atoms with Gasteiger partial charge in [-0.1, -0.05) is 194 Å². The van der Waals surface area contributed by atoms with Gasteiger partial charge >= 0.3 is 0 Å². The van der Waals surface area contributed by atoms with E-state index < -0.39 is 0 Å². The minimum Gasteiger partial charge on any atom is -0.307 e. The van der Waals surface area contributed by atoms with Crippen LogP contribution in [-0.2, 0) is 0 Å². The molecule has 0 aliphatic rings. The zero-order valence-electron chi connectivity index (χ0n) is 37.3. The molecule has 0 aliphatic carbocycles. The van der Waals surface area contributed by atoms with Crippen molar-refractivity contribution in [2.24, 2.45) is 0 Å². The first-order valence-electron chi connectivity index (χ1n) is 23.4. The van der Waals surface area contributed by atoms with E-state index in [1.807, 2.05) is 18.2 Å². The third-order valence-corrected chi connectivity index (χ3v) is 13.7. The lowest BCUT2D eigenvalue weighted by Gasteiger charge is -2.17. The molecule has 4 aromatic heterocycles. The Morgan fingerprint density at radius 2 is 0.681 bits per heavy atom. The van der Waals surface area contributed by atoms with E-state index in [9.17, 15) is 0 Å². The lowest BCUT2D eigenvalue weighted by Crippen LogP contribution is -2.07. The monoisotopic (exact) mass is 880 g/mol. The number of rotatable bonds is 7. The number of hydrogen-bond donors (Lipinski definition) is 0. The number of fused-ring (bicyclic) bond motifs is 9. The Morgan fingerprint density at radius 1 is 0.261 bits per heavy atom. The average molecular weight is 881 g/mol. The molecule has 0 saturated heterocycles. The van der Waals surface area contributed by atoms with Gasteiger partial charge < -0.3 is 9.13 Å². The highest BCUT2D eigenvalue weighted by atomic mass is 15.2. The maximum absolute atomic E-state index is 5.44. The van der Waals surface area contributed by atoms with Crippen molar-refractivity contribution in [2.45, 2.75) is 0 Å². The quantitative estimate of drug-likeness (QED) is 0.160. The van der Waals surface area contributed by atoms with Crippen molar-refractivity contribution in [3.8, 4) is 62.4 Å². The Labute approximate surface area is 397 Å². The molecule has 322 valence electrons. The fourth-order valence-electron chi connectivity index (χ4n) is 10.6. The first-order chi connectivity index (χ1) is 34.2. The molecule has 0 unspecified atom stereocenters. The Kier molecular flexibility index (Phi) is 8.79. The second-order valence-electron chi connectivity index (χ2n) is 17.6. The topological polar surface area (TPSA) is 53.5 Å². The molecule has 0 aliphatic heterocycles. The Balaban J connectivity index is 1.07. The molecule has 4 heterocycles. The van der Waals surface area contributed by atoms with Gasteiger partial charge in [0.15, 0.2) is 11.6 Å². The van der Waals surface area contributed by atoms with E-state index in [1.165, 1.54) is 21.9 Å². The van der Waals surface area contributed by atoms with Gasteiger partial charge in [0, 0.05) is 49.1 Å². The van der Waals surface area contributed by atoms with Crippen molar-refractivity contribution >= 4 is 65.4 Å². The number of nitrogens with zero attached hydrogens (tertiary/aromatic N) is 6. The van der Waals surface area contributed by atoms with E-state index >= 15 is 0 Å². The normalized spacial score (nSPS) is 11.8. The summed E-state index contributed by atoms with van der Waals surface area (Å²) in [4.78, 5) is 16.0. The van der Waals surface area contributed by atoms with Crippen LogP contribution in [0, 0.1) is 0 Å². The van der Waals surface area contributed by atoms with Crippen molar-refractivity contribution < 1.29 is 0 Å². The lowest BCUT2D eigenvalue weighted by atomic mass is 9.98. The molecule has 14 aromatic rings. The molecule has 0 fully saturated rings. The summed E-state index contributed by atoms with van der Waals surface area (Å²) in [7, 11) is 0. The van der Waals surface area contributed by atoms with Gasteiger partial charge in [0.1, 0.15) is 0 Å². The molecule has 0 bridgehead atoms. The van der Waals surface area contributed by atoms with Gasteiger partial charge in [-0.05, 0) is 70.8 Å². The van der Waals surface area contributed by atoms with Crippen LogP contribution in [0.5, 0.6) is 0 Å². The Bertz CT molecular complexity index is 4230. The van der Waals surface area contributed by atoms with Crippen LogP contribution in [0.25, 0.3) is 128 Å². The van der Waals surface area contributed by atoms with E-state index in [0.29, 0.717) is 17.6 Å². The van der Waals surface area contributed by atoms with Crippen LogP contribution in [0.1, 0.15) is 0 Å². The summed E-state index contributed by atoms with van der Waals surface area (Å²) in [6.07, 6.45) is 0. The zero-order chi connectivity index (χ0) is 45.4. The summed E-state index contributed by atoms with van der Waals surface area (Å²) in [5.41, 5.74) is 15.2. The fraction of sp³-hybridized carbons (Fsp3) is 0. The third kappa shape index (κ3) is 6.16. The predicted octanol–water partition coefficient (Wildman–Crippen LogP) is 15.8. The molecular weight excluding hydrogens is 841 g/mol. The summed E-state index contributed by atoms with van der Waals surface area (Å²) in [6, 6.07) is 86.3. The van der Waals surface area contributed by atoms with Crippen molar-refractivity contribution in [2.75, 3.05) is 0 Å². The number of benzene rings is 10. The minimum absolute atomic E-state index is 0.545. The lowest BCUT2D eigenvalue weighted by molar-refractivity contribution is 0.953. The van der Waals surface area contributed by atoms with Gasteiger partial charge in [-0.25, -0.2) is 4.98 Å². The van der Waals surface area contributed by atoms with Gasteiger partial charge in [0.25, 0.3) is 0 Å². The zero-order valence-corrected chi connectivity index (χ0v) is 37.3. The molecule has 0 atom stereocenters. The molecule has 0 saturated carbocycles. The molecular formula is C63H40N6. The molecule has 0 N–H and O–H groups in total. The van der Waals surface area contributed by atoms with Crippen LogP contribution in [0.2, 0.25) is 0 Å². The highest BCUT2D eigenvalue weighted by Crippen LogP contribution is 2.47. The second-order valence-corrected chi connectivity index (χ2v) is 17.6. The van der Waals surface area contributed by atoms with Crippen LogP contribution in [0.15, 0.2) is 243 Å². The first-order valence-corrected chi connectivity index (χ1v) is 23.4. The van der Waals surface area contributed by atoms with Crippen LogP contribution in [0.3, 0.4) is 0 Å². The standard InChI is InChI=1S/C63H40N6/c1-4-19-41(20-5-1)45-23-18-24-46(39-45)42-35-37-44(38-36-42)62-64-61(43-21-6-2-7-22-43)65-63(66-62)69-56-34-17-13-30-51(56)58-57(69)40-52-50-29-12-14-31-53(50)67(47-25-8-3-9-26-47)59(52)60(58)68-54-32-15-10-27-48(54)49-28-11-16-33-55(49)68/h1-40H. The van der Waals surface area contributed by atoms with E-state index in [4.69, 9.17) is 15.0 Å². The van der Waals surface area contributed by atoms with Crippen LogP contribution < -0.4 is 0 Å². The van der Waals surface area contributed by atoms with Gasteiger partial charge in [-0.2, -0.15) is 9.97 Å². The fourth-order valence-corrected chi connectivity index (χ4v) is 10.6. The Hall–Kier alpha value is -9.39. The third-order valence-electron chi connectivity index (χ3n) is 13.7. The molecule has 6 heteroatoms. The van der Waals surface area contributed by atoms with Gasteiger partial charge in [0.2, 0.25) is 5.95 Å². The van der Waals surface area contributed by atoms with Crippen molar-refractivity contribution in [3.63, 3.8) is 0 Å². The first kappa shape index (κ1) is 38.8. The summed E-state index contributed by atoms with van der Waals surface area (Å²) >= 11 is 0. The summed E-state index contributed by atoms with van der Waals surface area (Å²) in [5.74, 6) is 1.74. The van der Waals surface area contributed by atoms with E-state index in [-0.39, 0.29) is 0 Å². The van der Waals surface area contributed by atoms with Crippen molar-refractivity contribution in [1.29, 1.82) is 0 Å². The molecule has 0 spiro atoms. The summed E-state index contributed by atoms with van der Waals surface area (Å²) < 4.78 is 7.21. The highest BCUT2D eigenvalue weighted by molar-refractivity contribution is 6.26. The highest BCUT2D eigenvalue weighted by Gasteiger charge is 2.27. The number of aromatic nitrogens is 6. The minimum atomic E-state index is 0.545. The predicted molar refractivity (Wildman–Crippen MR) is 285 cm³/mol. The van der Waals surface area contributed by atoms with Crippen LogP contribution in [-0.4, -0.2) is 28.7 Å². The second kappa shape index (κ2) is 15.6. The molecule has 10 aromatic carbocycles. The molecule has 0 amide bonds. The summed E-state index contributed by atoms with van der Waals surface area (Å²) in [6.45, 7) is 0. The average Bonchev–Trinajstić information content (AvgIpc) is 4.07. The van der Waals surface area contributed by atoms with Crippen LogP contribution >= 0.6 is 0 Å². The van der Waals surface area contributed by atoms with Gasteiger partial charge in [0.05, 0.1) is 38.8 Å². The van der Waals surface area contributed by atoms with E-state index in [1.54, 1.807) is 0 Å². The Morgan fingerprint density at radius 3 is 1.28 bits per heavy atom. The van der Waals surface area contributed by atoms with E-state index in [2.05, 4.69) is 238 Å². The van der Waals surface area contributed by atoms with Crippen molar-refractivity contribution in [3.05, 3.63) is 243 Å². The SMILES string of the molecule is c1ccc(-c2cccc(-c3ccc(-c4nc(-c5ccccc5)nc(-n5c6ccccc6c6c(-n7c8ccccc8c8ccccc87)c7c(cc65)c5ccccc5n7-c5ccccc5)n4)cc3)c2)cc1. The number of hydrogen-bond acceptors (Lipinski definition) is 3. The maximum atomic E-state index is 5.44. The molecule has 6 nitrogen and oxygen atoms in total. The molecule has 0 radical (unpaired) electrons. The molecule has 69 heavy (non-hydrogen) atoms. The number of para-hydroxylation sites is 5. The maximum Gasteiger partial charge on any atom is 0.238 e. The van der Waals surface area contributed by atoms with Gasteiger partial charge in [-0.15, -0.1) is 0 Å². The van der Waals surface area contributed by atoms with Gasteiger partial charge in [-0.3, -0.25) is 4.57 Å². The van der Waals surface area contributed by atoms with Crippen molar-refractivity contribution in [1.82, 2.24) is 28.7 Å². The largest absolute Gasteiger partial charge is 0.307 e. The molecule has 14 rings (SSSR count). The van der Waals surface area contributed by atoms with Crippen LogP contribution in [0.4, 0.5) is 0 Å².